The number of anilines is 2. The van der Waals surface area contributed by atoms with E-state index in [4.69, 9.17) is 4.74 Å². The van der Waals surface area contributed by atoms with Gasteiger partial charge in [-0.05, 0) is 73.2 Å². The van der Waals surface area contributed by atoms with Crippen LogP contribution >= 0.6 is 23.1 Å². The van der Waals surface area contributed by atoms with Crippen molar-refractivity contribution in [2.24, 2.45) is 5.92 Å². The lowest BCUT2D eigenvalue weighted by Crippen LogP contribution is -2.33. The third kappa shape index (κ3) is 5.33. The number of fused-ring (bicyclic) bond motifs is 2. The molecular formula is C31H23F2N3O6S2. The SMILES string of the molecule is CCOC(=O)c1ccc(N2C(=O)C3Sc4c(sc(=O)n4CC(=O)Nc4ccc(F)cc4)C(c4ccc(F)cc4)C3C2=O)cc1. The molecule has 13 heteroatoms. The first kappa shape index (κ1) is 29.5. The maximum absolute atomic E-state index is 14.0. The van der Waals surface area contributed by atoms with Crippen LogP contribution in [0.25, 0.3) is 0 Å². The number of rotatable bonds is 7. The number of carbonyl (C=O) groups is 4. The number of hydrogen-bond donors (Lipinski definition) is 1. The topological polar surface area (TPSA) is 115 Å². The quantitative estimate of drug-likeness (QED) is 0.229. The summed E-state index contributed by atoms with van der Waals surface area (Å²) in [4.78, 5) is 67.2. The van der Waals surface area contributed by atoms with E-state index in [0.717, 1.165) is 28.0 Å². The summed E-state index contributed by atoms with van der Waals surface area (Å²) in [6, 6.07) is 16.6. The van der Waals surface area contributed by atoms with E-state index in [-0.39, 0.29) is 24.4 Å². The third-order valence-electron chi connectivity index (χ3n) is 7.34. The third-order valence-corrected chi connectivity index (χ3v) is 9.95. The number of thiazole rings is 1. The lowest BCUT2D eigenvalue weighted by atomic mass is 9.83. The molecule has 6 rings (SSSR count). The average molecular weight is 636 g/mol. The Balaban J connectivity index is 1.36. The molecule has 0 saturated carbocycles. The molecule has 0 aliphatic carbocycles. The van der Waals surface area contributed by atoms with Gasteiger partial charge >= 0.3 is 10.8 Å². The first-order chi connectivity index (χ1) is 21.2. The largest absolute Gasteiger partial charge is 0.462 e. The van der Waals surface area contributed by atoms with Gasteiger partial charge in [0.05, 0.1) is 28.8 Å². The summed E-state index contributed by atoms with van der Waals surface area (Å²) >= 11 is 1.90. The first-order valence-corrected chi connectivity index (χ1v) is 15.2. The molecule has 3 heterocycles. The number of thioether (sulfide) groups is 1. The second kappa shape index (κ2) is 11.8. The minimum atomic E-state index is -0.949. The van der Waals surface area contributed by atoms with Crippen molar-refractivity contribution in [1.82, 2.24) is 4.57 Å². The molecule has 0 bridgehead atoms. The molecule has 0 spiro atoms. The fourth-order valence-corrected chi connectivity index (χ4v) is 8.15. The Morgan fingerprint density at radius 3 is 2.16 bits per heavy atom. The van der Waals surface area contributed by atoms with Crippen LogP contribution in [0.3, 0.4) is 0 Å². The number of nitrogens with zero attached hydrogens (tertiary/aromatic N) is 2. The second-order valence-corrected chi connectivity index (χ2v) is 12.2. The van der Waals surface area contributed by atoms with Gasteiger partial charge in [-0.25, -0.2) is 18.5 Å². The van der Waals surface area contributed by atoms with E-state index in [0.29, 0.717) is 21.2 Å². The van der Waals surface area contributed by atoms with Gasteiger partial charge in [-0.1, -0.05) is 35.2 Å². The van der Waals surface area contributed by atoms with Crippen molar-refractivity contribution in [3.05, 3.63) is 110 Å². The van der Waals surface area contributed by atoms with Gasteiger partial charge in [0.1, 0.15) is 23.4 Å². The van der Waals surface area contributed by atoms with Crippen molar-refractivity contribution in [2.45, 2.75) is 29.7 Å². The van der Waals surface area contributed by atoms with Crippen molar-refractivity contribution < 1.29 is 32.7 Å². The molecule has 1 saturated heterocycles. The van der Waals surface area contributed by atoms with E-state index in [2.05, 4.69) is 5.32 Å². The number of ether oxygens (including phenoxy) is 1. The van der Waals surface area contributed by atoms with E-state index in [9.17, 15) is 32.8 Å². The predicted octanol–water partition coefficient (Wildman–Crippen LogP) is 4.80. The van der Waals surface area contributed by atoms with Gasteiger partial charge in [0, 0.05) is 16.5 Å². The molecule has 2 aliphatic rings. The van der Waals surface area contributed by atoms with Crippen LogP contribution in [0.2, 0.25) is 0 Å². The van der Waals surface area contributed by atoms with E-state index in [1.54, 1.807) is 6.92 Å². The highest BCUT2D eigenvalue weighted by atomic mass is 32.2. The van der Waals surface area contributed by atoms with Crippen LogP contribution < -0.4 is 15.1 Å². The monoisotopic (exact) mass is 635 g/mol. The zero-order chi connectivity index (χ0) is 31.1. The van der Waals surface area contributed by atoms with Crippen LogP contribution in [0.5, 0.6) is 0 Å². The Kier molecular flexibility index (Phi) is 7.91. The van der Waals surface area contributed by atoms with Crippen molar-refractivity contribution in [3.8, 4) is 0 Å². The van der Waals surface area contributed by atoms with Crippen LogP contribution in [-0.2, 0) is 25.7 Å². The van der Waals surface area contributed by atoms with Crippen molar-refractivity contribution in [3.63, 3.8) is 0 Å². The average Bonchev–Trinajstić information content (AvgIpc) is 3.45. The molecule has 1 aromatic heterocycles. The molecule has 44 heavy (non-hydrogen) atoms. The zero-order valence-corrected chi connectivity index (χ0v) is 24.6. The molecule has 9 nitrogen and oxygen atoms in total. The molecule has 3 amide bonds. The molecule has 224 valence electrons. The first-order valence-electron chi connectivity index (χ1n) is 13.5. The van der Waals surface area contributed by atoms with E-state index >= 15 is 0 Å². The molecule has 1 N–H and O–H groups in total. The lowest BCUT2D eigenvalue weighted by Gasteiger charge is -2.30. The Morgan fingerprint density at radius 1 is 0.886 bits per heavy atom. The standard InChI is InChI=1S/C31H23F2N3O6S2/c1-2-42-30(40)17-5-13-21(14-6-17)36-27(38)24-23(16-3-7-18(32)8-4-16)26-29(43-25(24)28(36)39)35(31(41)44-26)15-22(37)34-20-11-9-19(33)10-12-20/h3-14,23-25H,2,15H2,1H3,(H,34,37). The van der Waals surface area contributed by atoms with Crippen molar-refractivity contribution in [1.29, 1.82) is 0 Å². The highest BCUT2D eigenvalue weighted by Crippen LogP contribution is 2.53. The van der Waals surface area contributed by atoms with E-state index in [1.807, 2.05) is 0 Å². The van der Waals surface area contributed by atoms with Crippen molar-refractivity contribution >= 4 is 58.2 Å². The number of hydrogen-bond acceptors (Lipinski definition) is 8. The van der Waals surface area contributed by atoms with Gasteiger partial charge in [0.25, 0.3) is 0 Å². The summed E-state index contributed by atoms with van der Waals surface area (Å²) in [7, 11) is 0. The smallest absolute Gasteiger partial charge is 0.338 e. The van der Waals surface area contributed by atoms with Gasteiger partial charge in [-0.2, -0.15) is 0 Å². The number of esters is 1. The van der Waals surface area contributed by atoms with Crippen molar-refractivity contribution in [2.75, 3.05) is 16.8 Å². The number of benzene rings is 3. The lowest BCUT2D eigenvalue weighted by molar-refractivity contribution is -0.122. The Labute approximate surface area is 257 Å². The summed E-state index contributed by atoms with van der Waals surface area (Å²) in [5.74, 6) is -4.75. The molecule has 1 fully saturated rings. The zero-order valence-electron chi connectivity index (χ0n) is 23.0. The minimum Gasteiger partial charge on any atom is -0.462 e. The fourth-order valence-electron chi connectivity index (χ4n) is 5.38. The van der Waals surface area contributed by atoms with Crippen LogP contribution in [-0.4, -0.2) is 40.1 Å². The number of aromatic nitrogens is 1. The van der Waals surface area contributed by atoms with E-state index < -0.39 is 57.3 Å². The van der Waals surface area contributed by atoms with Gasteiger partial charge in [-0.3, -0.25) is 23.7 Å². The number of imide groups is 1. The highest BCUT2D eigenvalue weighted by Gasteiger charge is 2.56. The maximum Gasteiger partial charge on any atom is 0.338 e. The summed E-state index contributed by atoms with van der Waals surface area (Å²) in [6.07, 6.45) is 0. The number of amides is 3. The number of nitrogens with one attached hydrogen (secondary N) is 1. The molecule has 2 aliphatic heterocycles. The molecule has 4 aromatic rings. The molecule has 0 radical (unpaired) electrons. The highest BCUT2D eigenvalue weighted by molar-refractivity contribution is 8.00. The van der Waals surface area contributed by atoms with E-state index in [1.165, 1.54) is 77.4 Å². The number of carbonyl (C=O) groups excluding carboxylic acids is 4. The Bertz CT molecular complexity index is 1840. The summed E-state index contributed by atoms with van der Waals surface area (Å²) < 4.78 is 33.5. The Morgan fingerprint density at radius 2 is 1.52 bits per heavy atom. The Hall–Kier alpha value is -4.62. The van der Waals surface area contributed by atoms with Gasteiger partial charge in [-0.15, -0.1) is 0 Å². The predicted molar refractivity (Wildman–Crippen MR) is 160 cm³/mol. The molecule has 3 atom stereocenters. The molecular weight excluding hydrogens is 612 g/mol. The van der Waals surface area contributed by atoms with Crippen LogP contribution in [0, 0.1) is 17.6 Å². The molecule has 3 aromatic carbocycles. The maximum atomic E-state index is 14.0. The van der Waals surface area contributed by atoms with Gasteiger partial charge in [0.15, 0.2) is 0 Å². The number of halogens is 2. The summed E-state index contributed by atoms with van der Waals surface area (Å²) in [5.41, 5.74) is 1.40. The minimum absolute atomic E-state index is 0.193. The molecule has 3 unspecified atom stereocenters. The normalized spacial score (nSPS) is 19.0. The fraction of sp³-hybridized carbons (Fsp3) is 0.194. The van der Waals surface area contributed by atoms with Crippen LogP contribution in [0.1, 0.15) is 33.6 Å². The second-order valence-electron chi connectivity index (χ2n) is 10.1. The summed E-state index contributed by atoms with van der Waals surface area (Å²) in [5, 5.41) is 2.05. The summed E-state index contributed by atoms with van der Waals surface area (Å²) in [6.45, 7) is 1.49. The van der Waals surface area contributed by atoms with Gasteiger partial charge < -0.3 is 10.1 Å². The van der Waals surface area contributed by atoms with Crippen LogP contribution in [0.15, 0.2) is 82.6 Å². The van der Waals surface area contributed by atoms with Crippen LogP contribution in [0.4, 0.5) is 20.2 Å². The van der Waals surface area contributed by atoms with Gasteiger partial charge in [0.2, 0.25) is 17.7 Å².